The van der Waals surface area contributed by atoms with Gasteiger partial charge in [-0.05, 0) is 19.3 Å². The van der Waals surface area contributed by atoms with Crippen LogP contribution in [0.25, 0.3) is 0 Å². The van der Waals surface area contributed by atoms with Crippen LogP contribution in [0.5, 0.6) is 0 Å². The summed E-state index contributed by atoms with van der Waals surface area (Å²) in [4.78, 5) is 37.9. The molecule has 0 bridgehead atoms. The summed E-state index contributed by atoms with van der Waals surface area (Å²) in [5.74, 6) is -1.16. The summed E-state index contributed by atoms with van der Waals surface area (Å²) >= 11 is 0. The molecule has 8 heteroatoms. The number of carbonyl (C=O) groups is 3. The van der Waals surface area contributed by atoms with Crippen LogP contribution >= 0.6 is 0 Å². The highest BCUT2D eigenvalue weighted by Crippen LogP contribution is 2.27. The molecule has 0 amide bonds. The third-order valence-corrected chi connectivity index (χ3v) is 7.73. The van der Waals surface area contributed by atoms with Gasteiger partial charge in [-0.2, -0.15) is 0 Å². The summed E-state index contributed by atoms with van der Waals surface area (Å²) in [5, 5.41) is 10.1. The molecule has 1 fully saturated rings. The highest BCUT2D eigenvalue weighted by atomic mass is 16.6. The molecule has 8 nitrogen and oxygen atoms in total. The number of aliphatic hydroxyl groups excluding tert-OH is 1. The van der Waals surface area contributed by atoms with Crippen LogP contribution in [-0.2, 0) is 33.3 Å². The molecule has 240 valence electrons. The molecular formula is C33H60O8. The Morgan fingerprint density at radius 1 is 0.634 bits per heavy atom. The third kappa shape index (κ3) is 17.8. The van der Waals surface area contributed by atoms with Gasteiger partial charge in [-0.15, -0.1) is 0 Å². The SMILES string of the molecule is CCCCCCCCC(=O)O[C@H]1[C@@H]([C@@H](CO)OC(=O)CCCCCCCC)OC[C@@H]1OC(=O)CCCCCCCC. The van der Waals surface area contributed by atoms with Crippen molar-refractivity contribution in [3.63, 3.8) is 0 Å². The second-order valence-corrected chi connectivity index (χ2v) is 11.5. The van der Waals surface area contributed by atoms with Crippen molar-refractivity contribution in [1.82, 2.24) is 0 Å². The first-order chi connectivity index (χ1) is 20.0. The molecule has 0 radical (unpaired) electrons. The number of ether oxygens (including phenoxy) is 4. The van der Waals surface area contributed by atoms with E-state index in [2.05, 4.69) is 20.8 Å². The Bertz CT molecular complexity index is 682. The topological polar surface area (TPSA) is 108 Å². The fraction of sp³-hybridized carbons (Fsp3) is 0.909. The van der Waals surface area contributed by atoms with E-state index in [0.29, 0.717) is 6.42 Å². The minimum absolute atomic E-state index is 0.0212. The van der Waals surface area contributed by atoms with Crippen molar-refractivity contribution in [2.24, 2.45) is 0 Å². The molecule has 1 aliphatic heterocycles. The molecule has 41 heavy (non-hydrogen) atoms. The first-order valence-corrected chi connectivity index (χ1v) is 16.8. The monoisotopic (exact) mass is 584 g/mol. The van der Waals surface area contributed by atoms with Gasteiger partial charge in [0.2, 0.25) is 0 Å². The van der Waals surface area contributed by atoms with Gasteiger partial charge in [-0.1, -0.05) is 117 Å². The lowest BCUT2D eigenvalue weighted by Gasteiger charge is -2.28. The molecule has 0 aliphatic carbocycles. The van der Waals surface area contributed by atoms with Crippen molar-refractivity contribution in [2.45, 2.75) is 180 Å². The molecule has 1 saturated heterocycles. The van der Waals surface area contributed by atoms with Crippen LogP contribution < -0.4 is 0 Å². The number of hydrogen-bond acceptors (Lipinski definition) is 8. The number of aliphatic hydroxyl groups is 1. The van der Waals surface area contributed by atoms with E-state index in [1.54, 1.807) is 0 Å². The Kier molecular flexibility index (Phi) is 22.7. The summed E-state index contributed by atoms with van der Waals surface area (Å²) < 4.78 is 22.9. The number of unbranched alkanes of at least 4 members (excludes halogenated alkanes) is 15. The number of hydrogen-bond donors (Lipinski definition) is 1. The summed E-state index contributed by atoms with van der Waals surface area (Å²) in [6.07, 6.45) is 16.1. The summed E-state index contributed by atoms with van der Waals surface area (Å²) in [6, 6.07) is 0. The molecule has 1 rings (SSSR count). The van der Waals surface area contributed by atoms with Crippen LogP contribution in [0.2, 0.25) is 0 Å². The molecule has 0 aromatic carbocycles. The van der Waals surface area contributed by atoms with Crippen LogP contribution in [0.3, 0.4) is 0 Å². The summed E-state index contributed by atoms with van der Waals surface area (Å²) in [5.41, 5.74) is 0. The van der Waals surface area contributed by atoms with E-state index in [4.69, 9.17) is 18.9 Å². The second kappa shape index (κ2) is 24.9. The Balaban J connectivity index is 2.69. The van der Waals surface area contributed by atoms with Crippen molar-refractivity contribution in [1.29, 1.82) is 0 Å². The first kappa shape index (κ1) is 37.4. The van der Waals surface area contributed by atoms with Gasteiger partial charge < -0.3 is 24.1 Å². The van der Waals surface area contributed by atoms with Crippen molar-refractivity contribution >= 4 is 17.9 Å². The van der Waals surface area contributed by atoms with E-state index in [0.717, 1.165) is 70.6 Å². The molecule has 0 saturated carbocycles. The van der Waals surface area contributed by atoms with Crippen molar-refractivity contribution in [3.8, 4) is 0 Å². The predicted octanol–water partition coefficient (Wildman–Crippen LogP) is 7.36. The third-order valence-electron chi connectivity index (χ3n) is 7.73. The van der Waals surface area contributed by atoms with Crippen molar-refractivity contribution in [2.75, 3.05) is 13.2 Å². The maximum atomic E-state index is 12.8. The van der Waals surface area contributed by atoms with E-state index in [-0.39, 0.29) is 25.4 Å². The fourth-order valence-electron chi connectivity index (χ4n) is 5.19. The van der Waals surface area contributed by atoms with Gasteiger partial charge in [0.25, 0.3) is 0 Å². The Morgan fingerprint density at radius 3 is 1.51 bits per heavy atom. The van der Waals surface area contributed by atoms with E-state index in [9.17, 15) is 19.5 Å². The van der Waals surface area contributed by atoms with E-state index in [1.165, 1.54) is 44.9 Å². The Labute approximate surface area is 249 Å². The summed E-state index contributed by atoms with van der Waals surface area (Å²) in [6.45, 7) is 6.05. The van der Waals surface area contributed by atoms with Crippen LogP contribution in [0.1, 0.15) is 156 Å². The zero-order chi connectivity index (χ0) is 30.1. The standard InChI is InChI=1S/C33H60O8/c1-4-7-10-13-16-19-22-29(35)39-27(25-34)32-33(41-31(37)24-21-18-15-12-9-6-3)28(26-38-32)40-30(36)23-20-17-14-11-8-5-2/h27-28,32-34H,4-26H2,1-3H3/t27-,28+,32-,33-/m1/s1. The lowest BCUT2D eigenvalue weighted by Crippen LogP contribution is -2.46. The van der Waals surface area contributed by atoms with E-state index in [1.807, 2.05) is 0 Å². The minimum Gasteiger partial charge on any atom is -0.457 e. The molecule has 1 aliphatic rings. The number of carbonyl (C=O) groups excluding carboxylic acids is 3. The molecule has 0 aromatic heterocycles. The molecule has 1 heterocycles. The molecular weight excluding hydrogens is 524 g/mol. The fourth-order valence-corrected chi connectivity index (χ4v) is 5.19. The minimum atomic E-state index is -1.00. The van der Waals surface area contributed by atoms with Gasteiger partial charge in [-0.3, -0.25) is 14.4 Å². The zero-order valence-corrected chi connectivity index (χ0v) is 26.4. The van der Waals surface area contributed by atoms with Gasteiger partial charge in [0.1, 0.15) is 6.10 Å². The second-order valence-electron chi connectivity index (χ2n) is 11.5. The maximum absolute atomic E-state index is 12.8. The first-order valence-electron chi connectivity index (χ1n) is 16.8. The van der Waals surface area contributed by atoms with Crippen molar-refractivity contribution < 1.29 is 38.4 Å². The highest BCUT2D eigenvalue weighted by molar-refractivity contribution is 5.71. The van der Waals surface area contributed by atoms with E-state index >= 15 is 0 Å². The van der Waals surface area contributed by atoms with Crippen LogP contribution in [0.15, 0.2) is 0 Å². The smallest absolute Gasteiger partial charge is 0.306 e. The van der Waals surface area contributed by atoms with Gasteiger partial charge >= 0.3 is 17.9 Å². The van der Waals surface area contributed by atoms with Crippen LogP contribution in [0, 0.1) is 0 Å². The summed E-state index contributed by atoms with van der Waals surface area (Å²) in [7, 11) is 0. The normalized spacial score (nSPS) is 19.2. The predicted molar refractivity (Wildman–Crippen MR) is 160 cm³/mol. The van der Waals surface area contributed by atoms with Gasteiger partial charge in [0, 0.05) is 19.3 Å². The largest absolute Gasteiger partial charge is 0.457 e. The average molecular weight is 585 g/mol. The van der Waals surface area contributed by atoms with Crippen LogP contribution in [0.4, 0.5) is 0 Å². The van der Waals surface area contributed by atoms with Gasteiger partial charge in [0.05, 0.1) is 13.2 Å². The molecule has 0 unspecified atom stereocenters. The molecule has 1 N–H and O–H groups in total. The Hall–Kier alpha value is -1.67. The van der Waals surface area contributed by atoms with Crippen LogP contribution in [-0.4, -0.2) is 60.6 Å². The lowest BCUT2D eigenvalue weighted by atomic mass is 10.1. The molecule has 0 aromatic rings. The highest BCUT2D eigenvalue weighted by Gasteiger charge is 2.47. The number of esters is 3. The maximum Gasteiger partial charge on any atom is 0.306 e. The van der Waals surface area contributed by atoms with Gasteiger partial charge in [-0.25, -0.2) is 0 Å². The zero-order valence-electron chi connectivity index (χ0n) is 26.4. The van der Waals surface area contributed by atoms with Gasteiger partial charge in [0.15, 0.2) is 18.3 Å². The lowest BCUT2D eigenvalue weighted by molar-refractivity contribution is -0.175. The molecule has 0 spiro atoms. The molecule has 4 atom stereocenters. The average Bonchev–Trinajstić information content (AvgIpc) is 3.34. The quantitative estimate of drug-likeness (QED) is 0.0638. The van der Waals surface area contributed by atoms with E-state index < -0.39 is 43.0 Å². The Morgan fingerprint density at radius 2 is 1.05 bits per heavy atom. The number of rotatable bonds is 26. The van der Waals surface area contributed by atoms with Crippen molar-refractivity contribution in [3.05, 3.63) is 0 Å².